The van der Waals surface area contributed by atoms with Crippen LogP contribution in [-0.4, -0.2) is 93.0 Å². The van der Waals surface area contributed by atoms with Crippen molar-refractivity contribution in [3.05, 3.63) is 55.1 Å². The standard InChI is InChI=1S/C27H28F3N9/c1-35-10-12-37(13-11-35)22-4-2-20(3-5-22)23-14-24-32-8-9-38(24)25(34-23)21-15-33-39(16-21)26(6-7-31)17-36(18-26)19-27(28,29)30/h2-5,8-9,14-16H,6,10-13,17-19H2,1H3. The summed E-state index contributed by atoms with van der Waals surface area (Å²) in [5, 5.41) is 13.9. The summed E-state index contributed by atoms with van der Waals surface area (Å²) in [4.78, 5) is 15.4. The molecule has 0 saturated carbocycles. The summed E-state index contributed by atoms with van der Waals surface area (Å²) >= 11 is 0. The van der Waals surface area contributed by atoms with E-state index in [9.17, 15) is 18.4 Å². The first kappa shape index (κ1) is 25.3. The fraction of sp³-hybridized carbons (Fsp3) is 0.407. The summed E-state index contributed by atoms with van der Waals surface area (Å²) in [7, 11) is 2.14. The summed E-state index contributed by atoms with van der Waals surface area (Å²) in [6, 6.07) is 12.4. The molecule has 202 valence electrons. The van der Waals surface area contributed by atoms with Crippen molar-refractivity contribution in [1.29, 1.82) is 5.26 Å². The van der Waals surface area contributed by atoms with Gasteiger partial charge in [-0.2, -0.15) is 23.5 Å². The first-order chi connectivity index (χ1) is 18.7. The van der Waals surface area contributed by atoms with Gasteiger partial charge in [0.25, 0.3) is 0 Å². The molecule has 0 atom stereocenters. The van der Waals surface area contributed by atoms with Crippen LogP contribution < -0.4 is 4.90 Å². The summed E-state index contributed by atoms with van der Waals surface area (Å²) in [6.45, 7) is 3.26. The molecule has 0 bridgehead atoms. The molecule has 5 heterocycles. The van der Waals surface area contributed by atoms with E-state index < -0.39 is 18.3 Å². The van der Waals surface area contributed by atoms with Gasteiger partial charge in [0, 0.05) is 75.2 Å². The molecule has 4 aromatic rings. The minimum absolute atomic E-state index is 0.0656. The fourth-order valence-corrected chi connectivity index (χ4v) is 5.52. The SMILES string of the molecule is CN1CCN(c2ccc(-c3cc4nccn4c(-c4cnn(C5(CC#N)CN(CC(F)(F)F)C5)c4)n3)cc2)CC1. The molecule has 0 unspecified atom stereocenters. The van der Waals surface area contributed by atoms with E-state index >= 15 is 0 Å². The Hall–Kier alpha value is -3.95. The molecule has 9 nitrogen and oxygen atoms in total. The van der Waals surface area contributed by atoms with Crippen LogP contribution in [0.15, 0.2) is 55.1 Å². The maximum Gasteiger partial charge on any atom is 0.401 e. The van der Waals surface area contributed by atoms with Crippen molar-refractivity contribution in [3.63, 3.8) is 0 Å². The van der Waals surface area contributed by atoms with Crippen molar-refractivity contribution in [2.24, 2.45) is 0 Å². The van der Waals surface area contributed by atoms with Crippen molar-refractivity contribution < 1.29 is 13.2 Å². The zero-order chi connectivity index (χ0) is 27.2. The molecule has 0 amide bonds. The van der Waals surface area contributed by atoms with Gasteiger partial charge in [-0.1, -0.05) is 12.1 Å². The van der Waals surface area contributed by atoms with Gasteiger partial charge in [0.15, 0.2) is 0 Å². The molecular weight excluding hydrogens is 507 g/mol. The van der Waals surface area contributed by atoms with E-state index in [1.54, 1.807) is 23.3 Å². The molecule has 2 fully saturated rings. The molecule has 0 radical (unpaired) electrons. The molecular formula is C27H28F3N9. The minimum Gasteiger partial charge on any atom is -0.369 e. The lowest BCUT2D eigenvalue weighted by molar-refractivity contribution is -0.167. The van der Waals surface area contributed by atoms with E-state index in [4.69, 9.17) is 4.98 Å². The number of imidazole rings is 1. The van der Waals surface area contributed by atoms with Crippen molar-refractivity contribution in [2.75, 3.05) is 57.8 Å². The number of aromatic nitrogens is 5. The van der Waals surface area contributed by atoms with Crippen molar-refractivity contribution >= 4 is 11.3 Å². The number of likely N-dealkylation sites (N-methyl/N-ethyl adjacent to an activating group) is 1. The number of benzene rings is 1. The van der Waals surface area contributed by atoms with Crippen LogP contribution in [0.2, 0.25) is 0 Å². The van der Waals surface area contributed by atoms with Crippen molar-refractivity contribution in [1.82, 2.24) is 33.9 Å². The number of nitrogens with zero attached hydrogens (tertiary/aromatic N) is 9. The Bertz CT molecular complexity index is 1500. The van der Waals surface area contributed by atoms with Gasteiger partial charge in [0.05, 0.1) is 36.5 Å². The number of alkyl halides is 3. The van der Waals surface area contributed by atoms with Crippen LogP contribution in [0.1, 0.15) is 6.42 Å². The second kappa shape index (κ2) is 9.66. The number of likely N-dealkylation sites (tertiary alicyclic amines) is 1. The smallest absolute Gasteiger partial charge is 0.369 e. The fourth-order valence-electron chi connectivity index (χ4n) is 5.52. The zero-order valence-corrected chi connectivity index (χ0v) is 21.5. The Morgan fingerprint density at radius 2 is 1.79 bits per heavy atom. The van der Waals surface area contributed by atoms with Gasteiger partial charge in [-0.25, -0.2) is 9.97 Å². The molecule has 3 aromatic heterocycles. The average Bonchev–Trinajstić information content (AvgIpc) is 3.57. The lowest BCUT2D eigenvalue weighted by Gasteiger charge is -2.49. The van der Waals surface area contributed by atoms with Gasteiger partial charge < -0.3 is 9.80 Å². The Morgan fingerprint density at radius 1 is 1.05 bits per heavy atom. The van der Waals surface area contributed by atoms with E-state index in [1.807, 2.05) is 16.7 Å². The van der Waals surface area contributed by atoms with E-state index in [1.165, 1.54) is 10.6 Å². The van der Waals surface area contributed by atoms with Crippen molar-refractivity contribution in [3.8, 4) is 28.7 Å². The number of piperazine rings is 1. The van der Waals surface area contributed by atoms with E-state index in [0.29, 0.717) is 11.4 Å². The van der Waals surface area contributed by atoms with E-state index in [-0.39, 0.29) is 19.5 Å². The Balaban J connectivity index is 1.29. The van der Waals surface area contributed by atoms with Gasteiger partial charge in [-0.15, -0.1) is 0 Å². The van der Waals surface area contributed by atoms with Gasteiger partial charge in [-0.3, -0.25) is 14.0 Å². The molecule has 12 heteroatoms. The summed E-state index contributed by atoms with van der Waals surface area (Å²) in [5.74, 6) is 0.618. The lowest BCUT2D eigenvalue weighted by Crippen LogP contribution is -2.64. The summed E-state index contributed by atoms with van der Waals surface area (Å²) in [6.07, 6.45) is 2.71. The van der Waals surface area contributed by atoms with Crippen LogP contribution in [0.5, 0.6) is 0 Å². The third-order valence-electron chi connectivity index (χ3n) is 7.59. The highest BCUT2D eigenvalue weighted by Gasteiger charge is 2.48. The van der Waals surface area contributed by atoms with Crippen LogP contribution in [0, 0.1) is 11.3 Å². The van der Waals surface area contributed by atoms with E-state index in [0.717, 1.165) is 43.1 Å². The maximum absolute atomic E-state index is 12.9. The average molecular weight is 536 g/mol. The van der Waals surface area contributed by atoms with Crippen LogP contribution >= 0.6 is 0 Å². The molecule has 0 spiro atoms. The third kappa shape index (κ3) is 4.95. The third-order valence-corrected chi connectivity index (χ3v) is 7.59. The quantitative estimate of drug-likeness (QED) is 0.374. The van der Waals surface area contributed by atoms with Gasteiger partial charge in [-0.05, 0) is 19.2 Å². The number of rotatable bonds is 6. The summed E-state index contributed by atoms with van der Waals surface area (Å²) in [5.41, 5.74) is 3.50. The molecule has 0 aliphatic carbocycles. The minimum atomic E-state index is -4.28. The molecule has 6 rings (SSSR count). The number of anilines is 1. The predicted octanol–water partition coefficient (Wildman–Crippen LogP) is 3.50. The highest BCUT2D eigenvalue weighted by Crippen LogP contribution is 2.35. The molecule has 2 aliphatic rings. The highest BCUT2D eigenvalue weighted by atomic mass is 19.4. The normalized spacial score (nSPS) is 18.3. The molecule has 2 saturated heterocycles. The van der Waals surface area contributed by atoms with Crippen molar-refractivity contribution in [2.45, 2.75) is 18.1 Å². The number of hydrogen-bond donors (Lipinski definition) is 0. The number of nitriles is 1. The second-order valence-corrected chi connectivity index (χ2v) is 10.5. The maximum atomic E-state index is 12.9. The van der Waals surface area contributed by atoms with Crippen LogP contribution in [-0.2, 0) is 5.54 Å². The Labute approximate surface area is 223 Å². The van der Waals surface area contributed by atoms with Gasteiger partial charge >= 0.3 is 6.18 Å². The van der Waals surface area contributed by atoms with Crippen LogP contribution in [0.3, 0.4) is 0 Å². The predicted molar refractivity (Wildman–Crippen MR) is 140 cm³/mol. The Kier molecular flexibility index (Phi) is 6.28. The van der Waals surface area contributed by atoms with Crippen LogP contribution in [0.25, 0.3) is 28.3 Å². The first-order valence-electron chi connectivity index (χ1n) is 12.8. The lowest BCUT2D eigenvalue weighted by atomic mass is 9.87. The summed E-state index contributed by atoms with van der Waals surface area (Å²) < 4.78 is 42.1. The zero-order valence-electron chi connectivity index (χ0n) is 21.5. The van der Waals surface area contributed by atoms with Crippen LogP contribution in [0.4, 0.5) is 18.9 Å². The van der Waals surface area contributed by atoms with Gasteiger partial charge in [0.1, 0.15) is 17.0 Å². The first-order valence-corrected chi connectivity index (χ1v) is 12.8. The number of hydrogen-bond acceptors (Lipinski definition) is 7. The number of halogens is 3. The molecule has 39 heavy (non-hydrogen) atoms. The number of fused-ring (bicyclic) bond motifs is 1. The largest absolute Gasteiger partial charge is 0.401 e. The Morgan fingerprint density at radius 3 is 2.49 bits per heavy atom. The molecule has 1 aromatic carbocycles. The monoisotopic (exact) mass is 535 g/mol. The second-order valence-electron chi connectivity index (χ2n) is 10.5. The highest BCUT2D eigenvalue weighted by molar-refractivity contribution is 5.70. The molecule has 2 aliphatic heterocycles. The van der Waals surface area contributed by atoms with E-state index in [2.05, 4.69) is 57.3 Å². The topological polar surface area (TPSA) is 81.5 Å². The molecule has 0 N–H and O–H groups in total. The van der Waals surface area contributed by atoms with Gasteiger partial charge in [0.2, 0.25) is 0 Å².